The average Bonchev–Trinajstić information content (AvgIpc) is 2.95. The Morgan fingerprint density at radius 3 is 2.75 bits per heavy atom. The van der Waals surface area contributed by atoms with Crippen molar-refractivity contribution in [3.63, 3.8) is 0 Å². The van der Waals surface area contributed by atoms with E-state index in [9.17, 15) is 9.18 Å². The van der Waals surface area contributed by atoms with Crippen LogP contribution in [-0.4, -0.2) is 16.6 Å². The zero-order valence-electron chi connectivity index (χ0n) is 12.5. The van der Waals surface area contributed by atoms with Gasteiger partial charge in [-0.25, -0.2) is 9.37 Å². The first-order valence-electron chi connectivity index (χ1n) is 7.12. The number of hydrogen-bond donors (Lipinski definition) is 2. The highest BCUT2D eigenvalue weighted by Gasteiger charge is 2.12. The van der Waals surface area contributed by atoms with Crippen LogP contribution >= 0.6 is 23.1 Å². The highest BCUT2D eigenvalue weighted by atomic mass is 32.2. The van der Waals surface area contributed by atoms with Crippen LogP contribution in [0.15, 0.2) is 58.9 Å². The van der Waals surface area contributed by atoms with Crippen molar-refractivity contribution in [1.29, 1.82) is 0 Å². The maximum absolute atomic E-state index is 13.1. The SMILES string of the molecule is Nc1sc(SCC(=O)Nc2cccc(F)c2)nc1-c1ccccc1. The van der Waals surface area contributed by atoms with Crippen molar-refractivity contribution in [2.75, 3.05) is 16.8 Å². The molecule has 0 aliphatic rings. The van der Waals surface area contributed by atoms with Gasteiger partial charge in [-0.15, -0.1) is 0 Å². The lowest BCUT2D eigenvalue weighted by atomic mass is 10.2. The molecule has 0 fully saturated rings. The molecular weight excluding hydrogens is 345 g/mol. The predicted molar refractivity (Wildman–Crippen MR) is 97.7 cm³/mol. The molecule has 3 N–H and O–H groups in total. The molecule has 1 aromatic heterocycles. The number of amides is 1. The van der Waals surface area contributed by atoms with E-state index >= 15 is 0 Å². The van der Waals surface area contributed by atoms with Crippen LogP contribution in [0, 0.1) is 5.82 Å². The summed E-state index contributed by atoms with van der Waals surface area (Å²) < 4.78 is 13.8. The molecule has 0 aliphatic carbocycles. The van der Waals surface area contributed by atoms with Crippen molar-refractivity contribution in [1.82, 2.24) is 4.98 Å². The number of aromatic nitrogens is 1. The Morgan fingerprint density at radius 1 is 1.21 bits per heavy atom. The van der Waals surface area contributed by atoms with E-state index in [0.29, 0.717) is 10.7 Å². The van der Waals surface area contributed by atoms with Crippen LogP contribution in [0.2, 0.25) is 0 Å². The first-order valence-corrected chi connectivity index (χ1v) is 8.92. The Labute approximate surface area is 146 Å². The van der Waals surface area contributed by atoms with Crippen LogP contribution in [0.25, 0.3) is 11.3 Å². The van der Waals surface area contributed by atoms with Gasteiger partial charge in [0.2, 0.25) is 5.91 Å². The molecule has 0 saturated carbocycles. The molecule has 0 saturated heterocycles. The topological polar surface area (TPSA) is 68.0 Å². The van der Waals surface area contributed by atoms with Crippen molar-refractivity contribution in [3.8, 4) is 11.3 Å². The van der Waals surface area contributed by atoms with E-state index in [4.69, 9.17) is 5.73 Å². The standard InChI is InChI=1S/C17H14FN3OS2/c18-12-7-4-8-13(9-12)20-14(22)10-23-17-21-15(16(19)24-17)11-5-2-1-3-6-11/h1-9H,10,19H2,(H,20,22). The van der Waals surface area contributed by atoms with Gasteiger partial charge in [-0.05, 0) is 18.2 Å². The quantitative estimate of drug-likeness (QED) is 0.668. The minimum Gasteiger partial charge on any atom is -0.389 e. The average molecular weight is 359 g/mol. The zero-order valence-corrected chi connectivity index (χ0v) is 14.2. The van der Waals surface area contributed by atoms with Crippen molar-refractivity contribution >= 4 is 39.7 Å². The number of hydrogen-bond acceptors (Lipinski definition) is 5. The van der Waals surface area contributed by atoms with Crippen LogP contribution in [0.5, 0.6) is 0 Å². The Hall–Kier alpha value is -2.38. The van der Waals surface area contributed by atoms with E-state index in [1.165, 1.54) is 35.2 Å². The first kappa shape index (κ1) is 16.5. The lowest BCUT2D eigenvalue weighted by Crippen LogP contribution is -2.13. The summed E-state index contributed by atoms with van der Waals surface area (Å²) in [7, 11) is 0. The fourth-order valence-corrected chi connectivity index (χ4v) is 3.82. The summed E-state index contributed by atoms with van der Waals surface area (Å²) in [5, 5.41) is 3.27. The number of benzene rings is 2. The van der Waals surface area contributed by atoms with E-state index in [2.05, 4.69) is 10.3 Å². The number of halogens is 1. The Kier molecular flexibility index (Phi) is 5.12. The number of nitrogens with one attached hydrogen (secondary N) is 1. The predicted octanol–water partition coefficient (Wildman–Crippen LogP) is 4.26. The van der Waals surface area contributed by atoms with E-state index in [1.807, 2.05) is 30.3 Å². The summed E-state index contributed by atoms with van der Waals surface area (Å²) in [5.41, 5.74) is 8.13. The van der Waals surface area contributed by atoms with Gasteiger partial charge in [0, 0.05) is 11.3 Å². The highest BCUT2D eigenvalue weighted by Crippen LogP contribution is 2.35. The number of nitrogens with zero attached hydrogens (tertiary/aromatic N) is 1. The third kappa shape index (κ3) is 4.12. The number of nitrogens with two attached hydrogens (primary N) is 1. The second-order valence-electron chi connectivity index (χ2n) is 4.91. The maximum atomic E-state index is 13.1. The van der Waals surface area contributed by atoms with Crippen LogP contribution < -0.4 is 11.1 Å². The van der Waals surface area contributed by atoms with Crippen LogP contribution in [-0.2, 0) is 4.79 Å². The minimum atomic E-state index is -0.388. The lowest BCUT2D eigenvalue weighted by molar-refractivity contribution is -0.113. The van der Waals surface area contributed by atoms with Crippen molar-refractivity contribution in [2.24, 2.45) is 0 Å². The molecule has 7 heteroatoms. The smallest absolute Gasteiger partial charge is 0.234 e. The molecular formula is C17H14FN3OS2. The number of thiazole rings is 1. The number of nitrogen functional groups attached to an aromatic ring is 1. The molecule has 3 rings (SSSR count). The molecule has 0 bridgehead atoms. The number of carbonyl (C=O) groups excluding carboxylic acids is 1. The van der Waals surface area contributed by atoms with Gasteiger partial charge in [0.25, 0.3) is 0 Å². The fourth-order valence-electron chi connectivity index (χ4n) is 2.07. The molecule has 0 radical (unpaired) electrons. The highest BCUT2D eigenvalue weighted by molar-refractivity contribution is 8.01. The largest absolute Gasteiger partial charge is 0.389 e. The Balaban J connectivity index is 1.62. The number of rotatable bonds is 5. The van der Waals surface area contributed by atoms with Gasteiger partial charge in [-0.3, -0.25) is 4.79 Å². The Morgan fingerprint density at radius 2 is 2.00 bits per heavy atom. The van der Waals surface area contributed by atoms with Gasteiger partial charge in [-0.1, -0.05) is 59.5 Å². The molecule has 0 unspecified atom stereocenters. The maximum Gasteiger partial charge on any atom is 0.234 e. The summed E-state index contributed by atoms with van der Waals surface area (Å²) in [5.74, 6) is -0.432. The number of anilines is 2. The molecule has 1 amide bonds. The summed E-state index contributed by atoms with van der Waals surface area (Å²) >= 11 is 2.65. The zero-order chi connectivity index (χ0) is 16.9. The van der Waals surface area contributed by atoms with Gasteiger partial charge < -0.3 is 11.1 Å². The van der Waals surface area contributed by atoms with E-state index in [1.54, 1.807) is 12.1 Å². The van der Waals surface area contributed by atoms with Crippen LogP contribution in [0.3, 0.4) is 0 Å². The summed E-state index contributed by atoms with van der Waals surface area (Å²) in [6.07, 6.45) is 0. The number of carbonyl (C=O) groups is 1. The van der Waals surface area contributed by atoms with Gasteiger partial charge in [0.15, 0.2) is 4.34 Å². The molecule has 3 aromatic rings. The second kappa shape index (κ2) is 7.46. The van der Waals surface area contributed by atoms with Gasteiger partial charge >= 0.3 is 0 Å². The third-order valence-electron chi connectivity index (χ3n) is 3.12. The van der Waals surface area contributed by atoms with E-state index in [-0.39, 0.29) is 17.5 Å². The van der Waals surface area contributed by atoms with Crippen molar-refractivity contribution < 1.29 is 9.18 Å². The summed E-state index contributed by atoms with van der Waals surface area (Å²) in [6, 6.07) is 15.4. The molecule has 122 valence electrons. The van der Waals surface area contributed by atoms with Gasteiger partial charge in [0.05, 0.1) is 5.75 Å². The Bertz CT molecular complexity index is 852. The first-order chi connectivity index (χ1) is 11.6. The number of thioether (sulfide) groups is 1. The van der Waals surface area contributed by atoms with E-state index < -0.39 is 0 Å². The fraction of sp³-hybridized carbons (Fsp3) is 0.0588. The van der Waals surface area contributed by atoms with Crippen molar-refractivity contribution in [2.45, 2.75) is 4.34 Å². The van der Waals surface area contributed by atoms with Crippen LogP contribution in [0.4, 0.5) is 15.1 Å². The molecule has 1 heterocycles. The third-order valence-corrected chi connectivity index (χ3v) is 5.14. The van der Waals surface area contributed by atoms with Gasteiger partial charge in [-0.2, -0.15) is 0 Å². The van der Waals surface area contributed by atoms with E-state index in [0.717, 1.165) is 15.6 Å². The summed E-state index contributed by atoms with van der Waals surface area (Å²) in [4.78, 5) is 16.4. The lowest BCUT2D eigenvalue weighted by Gasteiger charge is -2.03. The molecule has 0 aliphatic heterocycles. The normalized spacial score (nSPS) is 10.5. The molecule has 0 atom stereocenters. The minimum absolute atomic E-state index is 0.178. The molecule has 0 spiro atoms. The van der Waals surface area contributed by atoms with Crippen LogP contribution in [0.1, 0.15) is 0 Å². The molecule has 4 nitrogen and oxygen atoms in total. The summed E-state index contributed by atoms with van der Waals surface area (Å²) in [6.45, 7) is 0. The second-order valence-corrected chi connectivity index (χ2v) is 7.16. The molecule has 2 aromatic carbocycles. The molecule has 24 heavy (non-hydrogen) atoms. The van der Waals surface area contributed by atoms with Crippen molar-refractivity contribution in [3.05, 3.63) is 60.4 Å². The van der Waals surface area contributed by atoms with Gasteiger partial charge in [0.1, 0.15) is 16.5 Å². The monoisotopic (exact) mass is 359 g/mol.